The molecule has 1 aromatic heterocycles. The number of amides is 1. The number of alkyl halides is 3. The molecule has 1 aromatic carbocycles. The largest absolute Gasteiger partial charge is 0.471 e. The highest BCUT2D eigenvalue weighted by molar-refractivity contribution is 8.00. The van der Waals surface area contributed by atoms with E-state index in [1.807, 2.05) is 12.2 Å². The molecular weight excluding hydrogens is 497 g/mol. The molecular formula is C22H22F5N3O4S. The van der Waals surface area contributed by atoms with E-state index in [1.165, 1.54) is 21.2 Å². The first-order valence-electron chi connectivity index (χ1n) is 11.0. The number of nitrogens with zero attached hydrogens (tertiary/aromatic N) is 2. The van der Waals surface area contributed by atoms with Gasteiger partial charge in [0.15, 0.2) is 5.82 Å². The van der Waals surface area contributed by atoms with E-state index in [1.54, 1.807) is 6.92 Å². The summed E-state index contributed by atoms with van der Waals surface area (Å²) in [6.07, 6.45) is -3.66. The Hall–Kier alpha value is -2.83. The molecule has 2 atom stereocenters. The summed E-state index contributed by atoms with van der Waals surface area (Å²) in [5.41, 5.74) is -1.83. The third kappa shape index (κ3) is 4.45. The molecule has 1 N–H and O–H groups in total. The molecule has 4 rings (SSSR count). The normalized spacial score (nSPS) is 19.5. The van der Waals surface area contributed by atoms with Gasteiger partial charge in [0, 0.05) is 19.1 Å². The molecule has 35 heavy (non-hydrogen) atoms. The summed E-state index contributed by atoms with van der Waals surface area (Å²) in [7, 11) is 0. The zero-order chi connectivity index (χ0) is 25.7. The Kier molecular flexibility index (Phi) is 6.73. The summed E-state index contributed by atoms with van der Waals surface area (Å²) in [6, 6.07) is -0.122. The van der Waals surface area contributed by atoms with Gasteiger partial charge in [-0.05, 0) is 25.8 Å². The second kappa shape index (κ2) is 9.32. The topological polar surface area (TPSA) is 80.6 Å². The fraction of sp³-hybridized carbons (Fsp3) is 0.500. The van der Waals surface area contributed by atoms with Gasteiger partial charge in [-0.3, -0.25) is 9.59 Å². The quantitative estimate of drug-likeness (QED) is 0.352. The molecule has 7 nitrogen and oxygen atoms in total. The van der Waals surface area contributed by atoms with Gasteiger partial charge in [-0.15, -0.1) is 0 Å². The third-order valence-corrected chi connectivity index (χ3v) is 7.17. The SMILES string of the molecule is CCCCOC(=O)c1c2n(c3c(F)c(N4CCC(NC(=O)C(F)(F)F)C4)c(F)cc3c1=O)C(C)S2. The molecule has 13 heteroatoms. The van der Waals surface area contributed by atoms with Crippen LogP contribution in [0.15, 0.2) is 15.9 Å². The molecule has 1 saturated heterocycles. The highest BCUT2D eigenvalue weighted by atomic mass is 32.2. The van der Waals surface area contributed by atoms with E-state index in [4.69, 9.17) is 4.74 Å². The number of rotatable bonds is 6. The number of hydrogen-bond donors (Lipinski definition) is 1. The lowest BCUT2D eigenvalue weighted by Gasteiger charge is -2.33. The predicted octanol–water partition coefficient (Wildman–Crippen LogP) is 4.12. The second-order valence-electron chi connectivity index (χ2n) is 8.41. The van der Waals surface area contributed by atoms with Gasteiger partial charge in [0.1, 0.15) is 17.1 Å². The molecule has 2 aliphatic heterocycles. The number of esters is 1. The van der Waals surface area contributed by atoms with E-state index < -0.39 is 46.8 Å². The van der Waals surface area contributed by atoms with Crippen LogP contribution >= 0.6 is 11.8 Å². The van der Waals surface area contributed by atoms with Gasteiger partial charge in [-0.2, -0.15) is 13.2 Å². The fourth-order valence-corrected chi connectivity index (χ4v) is 5.42. The Morgan fingerprint density at radius 2 is 2.00 bits per heavy atom. The Balaban J connectivity index is 1.73. The molecule has 190 valence electrons. The van der Waals surface area contributed by atoms with Crippen molar-refractivity contribution in [3.05, 3.63) is 33.5 Å². The number of carbonyl (C=O) groups excluding carboxylic acids is 2. The number of aromatic nitrogens is 1. The minimum atomic E-state index is -5.07. The number of unbranched alkanes of at least 4 members (excludes halogenated alkanes) is 1. The summed E-state index contributed by atoms with van der Waals surface area (Å²) >= 11 is 1.17. The Morgan fingerprint density at radius 1 is 1.29 bits per heavy atom. The van der Waals surface area contributed by atoms with Crippen LogP contribution in [0.3, 0.4) is 0 Å². The van der Waals surface area contributed by atoms with E-state index >= 15 is 8.78 Å². The Bertz CT molecular complexity index is 1260. The summed E-state index contributed by atoms with van der Waals surface area (Å²) < 4.78 is 75.1. The van der Waals surface area contributed by atoms with E-state index in [0.29, 0.717) is 6.42 Å². The molecule has 0 aliphatic carbocycles. The number of benzene rings is 1. The zero-order valence-corrected chi connectivity index (χ0v) is 19.6. The molecule has 3 heterocycles. The number of thioether (sulfide) groups is 1. The molecule has 2 unspecified atom stereocenters. The van der Waals surface area contributed by atoms with Crippen LogP contribution in [0.2, 0.25) is 0 Å². The smallest absolute Gasteiger partial charge is 0.462 e. The van der Waals surface area contributed by atoms with E-state index in [-0.39, 0.29) is 53.0 Å². The van der Waals surface area contributed by atoms with E-state index in [2.05, 4.69) is 0 Å². The summed E-state index contributed by atoms with van der Waals surface area (Å²) in [6.45, 7) is 3.47. The van der Waals surface area contributed by atoms with E-state index in [0.717, 1.165) is 12.5 Å². The number of fused-ring (bicyclic) bond motifs is 3. The van der Waals surface area contributed by atoms with Crippen molar-refractivity contribution in [2.45, 2.75) is 55.7 Å². The predicted molar refractivity (Wildman–Crippen MR) is 119 cm³/mol. The first kappa shape index (κ1) is 25.3. The number of nitrogens with one attached hydrogen (secondary N) is 1. The molecule has 0 saturated carbocycles. The highest BCUT2D eigenvalue weighted by Gasteiger charge is 2.41. The summed E-state index contributed by atoms with van der Waals surface area (Å²) in [4.78, 5) is 38.1. The number of anilines is 1. The maximum Gasteiger partial charge on any atom is 0.471 e. The third-order valence-electron chi connectivity index (χ3n) is 5.99. The number of ether oxygens (including phenoxy) is 1. The second-order valence-corrected chi connectivity index (χ2v) is 9.71. The van der Waals surface area contributed by atoms with Crippen LogP contribution in [0.25, 0.3) is 10.9 Å². The van der Waals surface area contributed by atoms with Crippen molar-refractivity contribution in [2.24, 2.45) is 0 Å². The standard InChI is InChI=1S/C22H22F5N3O4S/c1-3-4-7-34-20(32)14-18(31)12-8-13(23)17(15(24)16(12)30-10(2)35-19(14)30)29-6-5-11(9-29)28-21(33)22(25,26)27/h8,10-11H,3-7,9H2,1-2H3,(H,28,33). The first-order valence-corrected chi connectivity index (χ1v) is 11.9. The van der Waals surface area contributed by atoms with E-state index in [9.17, 15) is 27.6 Å². The van der Waals surface area contributed by atoms with Crippen LogP contribution in [0.4, 0.5) is 27.6 Å². The van der Waals surface area contributed by atoms with Crippen molar-refractivity contribution in [2.75, 3.05) is 24.6 Å². The Morgan fingerprint density at radius 3 is 2.63 bits per heavy atom. The maximum atomic E-state index is 15.7. The number of halogens is 5. The van der Waals surface area contributed by atoms with Crippen molar-refractivity contribution < 1.29 is 36.3 Å². The minimum Gasteiger partial charge on any atom is -0.462 e. The van der Waals surface area contributed by atoms with Gasteiger partial charge in [0.2, 0.25) is 5.43 Å². The Labute approximate surface area is 200 Å². The molecule has 0 radical (unpaired) electrons. The molecule has 2 aliphatic rings. The average molecular weight is 519 g/mol. The van der Waals surface area contributed by atoms with Crippen LogP contribution in [0.1, 0.15) is 48.8 Å². The van der Waals surface area contributed by atoms with Crippen molar-refractivity contribution in [3.8, 4) is 0 Å². The lowest BCUT2D eigenvalue weighted by molar-refractivity contribution is -0.174. The molecule has 1 fully saturated rings. The van der Waals surface area contributed by atoms with Crippen molar-refractivity contribution in [3.63, 3.8) is 0 Å². The monoisotopic (exact) mass is 519 g/mol. The van der Waals surface area contributed by atoms with Crippen molar-refractivity contribution in [1.29, 1.82) is 0 Å². The maximum absolute atomic E-state index is 15.7. The minimum absolute atomic E-state index is 0.00855. The number of carbonyl (C=O) groups is 2. The summed E-state index contributed by atoms with van der Waals surface area (Å²) in [5.74, 6) is -5.14. The number of hydrogen-bond acceptors (Lipinski definition) is 6. The van der Waals surface area contributed by atoms with Crippen LogP contribution in [0, 0.1) is 11.6 Å². The van der Waals surface area contributed by atoms with Gasteiger partial charge in [-0.1, -0.05) is 25.1 Å². The van der Waals surface area contributed by atoms with Crippen LogP contribution in [0.5, 0.6) is 0 Å². The van der Waals surface area contributed by atoms with Crippen molar-refractivity contribution >= 4 is 40.2 Å². The van der Waals surface area contributed by atoms with Gasteiger partial charge in [0.05, 0.1) is 27.9 Å². The van der Waals surface area contributed by atoms with Crippen LogP contribution < -0.4 is 15.6 Å². The zero-order valence-electron chi connectivity index (χ0n) is 18.8. The van der Waals surface area contributed by atoms with Crippen LogP contribution in [-0.4, -0.2) is 48.4 Å². The highest BCUT2D eigenvalue weighted by Crippen LogP contribution is 2.48. The molecule has 1 amide bonds. The summed E-state index contributed by atoms with van der Waals surface area (Å²) in [5, 5.41) is 1.34. The lowest BCUT2D eigenvalue weighted by Crippen LogP contribution is -2.44. The van der Waals surface area contributed by atoms with Gasteiger partial charge in [0.25, 0.3) is 0 Å². The van der Waals surface area contributed by atoms with Crippen molar-refractivity contribution in [1.82, 2.24) is 9.88 Å². The molecule has 2 aromatic rings. The fourth-order valence-electron chi connectivity index (χ4n) is 4.29. The van der Waals surface area contributed by atoms with Gasteiger partial charge < -0.3 is 19.5 Å². The molecule has 0 spiro atoms. The van der Waals surface area contributed by atoms with Crippen LogP contribution in [-0.2, 0) is 9.53 Å². The number of pyridine rings is 1. The average Bonchev–Trinajstić information content (AvgIpc) is 3.21. The van der Waals surface area contributed by atoms with Gasteiger partial charge in [-0.25, -0.2) is 13.6 Å². The molecule has 0 bridgehead atoms. The van der Waals surface area contributed by atoms with Gasteiger partial charge >= 0.3 is 18.1 Å². The first-order chi connectivity index (χ1) is 16.5. The lowest BCUT2D eigenvalue weighted by atomic mass is 10.1.